The molecule has 1 heterocycles. The van der Waals surface area contributed by atoms with Crippen molar-refractivity contribution >= 4 is 11.5 Å². The molecule has 1 fully saturated rings. The molecular formula is C23H27NO3. The number of carboxylic acid groups (broad SMARTS) is 1. The third-order valence-corrected chi connectivity index (χ3v) is 5.11. The molecule has 0 radical (unpaired) electrons. The lowest BCUT2D eigenvalue weighted by atomic mass is 9.96. The van der Waals surface area contributed by atoms with Crippen molar-refractivity contribution in [3.05, 3.63) is 71.8 Å². The largest absolute Gasteiger partial charge is 0.497 e. The van der Waals surface area contributed by atoms with Crippen LogP contribution in [0.25, 0.3) is 5.57 Å². The highest BCUT2D eigenvalue weighted by Crippen LogP contribution is 2.27. The molecule has 1 saturated heterocycles. The molecule has 4 heteroatoms. The average Bonchev–Trinajstić information content (AvgIpc) is 2.72. The Balaban J connectivity index is 1.76. The third kappa shape index (κ3) is 5.20. The van der Waals surface area contributed by atoms with E-state index in [1.165, 1.54) is 11.1 Å². The van der Waals surface area contributed by atoms with Crippen molar-refractivity contribution in [1.29, 1.82) is 0 Å². The first-order valence-electron chi connectivity index (χ1n) is 9.52. The Bertz CT molecular complexity index is 785. The van der Waals surface area contributed by atoms with Crippen molar-refractivity contribution in [3.8, 4) is 5.75 Å². The Morgan fingerprint density at radius 3 is 2.70 bits per heavy atom. The molecule has 0 amide bonds. The number of hydrogen-bond acceptors (Lipinski definition) is 3. The summed E-state index contributed by atoms with van der Waals surface area (Å²) in [7, 11) is 1.68. The lowest BCUT2D eigenvalue weighted by Gasteiger charge is -2.30. The summed E-state index contributed by atoms with van der Waals surface area (Å²) < 4.78 is 5.38. The van der Waals surface area contributed by atoms with Gasteiger partial charge < -0.3 is 14.7 Å². The van der Waals surface area contributed by atoms with Crippen LogP contribution >= 0.6 is 0 Å². The van der Waals surface area contributed by atoms with Crippen molar-refractivity contribution in [2.24, 2.45) is 5.92 Å². The number of piperidine rings is 1. The normalized spacial score (nSPS) is 18.3. The van der Waals surface area contributed by atoms with Gasteiger partial charge in [-0.25, -0.2) is 0 Å². The summed E-state index contributed by atoms with van der Waals surface area (Å²) in [5.41, 5.74) is 3.48. The topological polar surface area (TPSA) is 49.8 Å². The molecule has 1 aliphatic heterocycles. The molecule has 0 aliphatic carbocycles. The summed E-state index contributed by atoms with van der Waals surface area (Å²) in [6.45, 7) is 2.52. The molecule has 0 aromatic heterocycles. The highest BCUT2D eigenvalue weighted by atomic mass is 16.5. The number of ether oxygens (including phenoxy) is 1. The van der Waals surface area contributed by atoms with Gasteiger partial charge in [0.25, 0.3) is 0 Å². The van der Waals surface area contributed by atoms with E-state index in [-0.39, 0.29) is 5.92 Å². The van der Waals surface area contributed by atoms with Gasteiger partial charge in [0.2, 0.25) is 0 Å². The molecule has 3 rings (SSSR count). The van der Waals surface area contributed by atoms with Crippen LogP contribution in [0.3, 0.4) is 0 Å². The first-order chi connectivity index (χ1) is 13.2. The van der Waals surface area contributed by atoms with Crippen LogP contribution in [0.2, 0.25) is 0 Å². The molecule has 27 heavy (non-hydrogen) atoms. The fraction of sp³-hybridized carbons (Fsp3) is 0.348. The zero-order chi connectivity index (χ0) is 19.1. The minimum Gasteiger partial charge on any atom is -0.497 e. The van der Waals surface area contributed by atoms with Crippen molar-refractivity contribution in [2.45, 2.75) is 19.3 Å². The monoisotopic (exact) mass is 365 g/mol. The molecule has 1 aliphatic rings. The molecule has 1 N–H and O–H groups in total. The van der Waals surface area contributed by atoms with Gasteiger partial charge in [0.05, 0.1) is 13.0 Å². The van der Waals surface area contributed by atoms with Crippen molar-refractivity contribution < 1.29 is 14.6 Å². The second kappa shape index (κ2) is 9.38. The van der Waals surface area contributed by atoms with Gasteiger partial charge in [0, 0.05) is 13.1 Å². The molecule has 0 spiro atoms. The van der Waals surface area contributed by atoms with Crippen molar-refractivity contribution in [1.82, 2.24) is 4.90 Å². The van der Waals surface area contributed by atoms with E-state index >= 15 is 0 Å². The first-order valence-corrected chi connectivity index (χ1v) is 9.52. The van der Waals surface area contributed by atoms with E-state index in [0.29, 0.717) is 6.54 Å². The van der Waals surface area contributed by atoms with Crippen molar-refractivity contribution in [2.75, 3.05) is 26.7 Å². The van der Waals surface area contributed by atoms with Crippen LogP contribution < -0.4 is 4.74 Å². The maximum absolute atomic E-state index is 11.3. The molecule has 1 atom stereocenters. The predicted molar refractivity (Wildman–Crippen MR) is 108 cm³/mol. The Morgan fingerprint density at radius 1 is 1.19 bits per heavy atom. The summed E-state index contributed by atoms with van der Waals surface area (Å²) in [5, 5.41) is 9.27. The number of methoxy groups -OCH3 is 1. The summed E-state index contributed by atoms with van der Waals surface area (Å²) in [5.74, 6) is -0.0547. The number of nitrogens with zero attached hydrogens (tertiary/aromatic N) is 1. The quantitative estimate of drug-likeness (QED) is 0.794. The molecule has 142 valence electrons. The molecule has 1 unspecified atom stereocenters. The van der Waals surface area contributed by atoms with Crippen LogP contribution in [0.1, 0.15) is 30.4 Å². The fourth-order valence-electron chi connectivity index (χ4n) is 3.66. The number of benzene rings is 2. The minimum atomic E-state index is -0.670. The Kier molecular flexibility index (Phi) is 6.66. The zero-order valence-corrected chi connectivity index (χ0v) is 15.8. The number of aliphatic carboxylic acids is 1. The summed E-state index contributed by atoms with van der Waals surface area (Å²) in [4.78, 5) is 13.5. The number of carbonyl (C=O) groups is 1. The van der Waals surface area contributed by atoms with Crippen LogP contribution in [0.15, 0.2) is 60.7 Å². The van der Waals surface area contributed by atoms with E-state index in [2.05, 4.69) is 35.2 Å². The van der Waals surface area contributed by atoms with Gasteiger partial charge in [0.15, 0.2) is 0 Å². The Hall–Kier alpha value is -2.59. The van der Waals surface area contributed by atoms with E-state index in [4.69, 9.17) is 4.74 Å². The number of hydrogen-bond donors (Lipinski definition) is 1. The highest BCUT2D eigenvalue weighted by Gasteiger charge is 2.24. The van der Waals surface area contributed by atoms with Gasteiger partial charge in [-0.3, -0.25) is 4.79 Å². The van der Waals surface area contributed by atoms with E-state index in [1.807, 2.05) is 30.3 Å². The van der Waals surface area contributed by atoms with Crippen LogP contribution in [-0.2, 0) is 4.79 Å². The molecule has 2 aromatic rings. The van der Waals surface area contributed by atoms with Gasteiger partial charge in [-0.1, -0.05) is 48.5 Å². The van der Waals surface area contributed by atoms with Crippen LogP contribution in [0.5, 0.6) is 5.75 Å². The maximum atomic E-state index is 11.3. The molecule has 0 bridgehead atoms. The second-order valence-electron chi connectivity index (χ2n) is 6.98. The fourth-order valence-corrected chi connectivity index (χ4v) is 3.66. The standard InChI is InChI=1S/C23H27NO3/c1-27-21-12-5-10-19(16-21)22(18-8-3-2-4-9-18)13-7-15-24-14-6-11-20(17-24)23(25)26/h2-5,8-10,12-13,16,20H,6-7,11,14-15,17H2,1H3,(H,25,26)/b22-13-. The molecule has 2 aromatic carbocycles. The number of rotatable bonds is 7. The van der Waals surface area contributed by atoms with Crippen LogP contribution in [-0.4, -0.2) is 42.7 Å². The summed E-state index contributed by atoms with van der Waals surface area (Å²) in [6.07, 6.45) is 4.89. The molecule has 0 saturated carbocycles. The average molecular weight is 365 g/mol. The lowest BCUT2D eigenvalue weighted by molar-refractivity contribution is -0.143. The minimum absolute atomic E-state index is 0.227. The number of carboxylic acids is 1. The van der Waals surface area contributed by atoms with E-state index in [1.54, 1.807) is 7.11 Å². The predicted octanol–water partition coefficient (Wildman–Crippen LogP) is 4.31. The third-order valence-electron chi connectivity index (χ3n) is 5.11. The summed E-state index contributed by atoms with van der Waals surface area (Å²) >= 11 is 0. The first kappa shape index (κ1) is 19.2. The van der Waals surface area contributed by atoms with E-state index < -0.39 is 5.97 Å². The van der Waals surface area contributed by atoms with Crippen LogP contribution in [0.4, 0.5) is 0 Å². The Morgan fingerprint density at radius 2 is 1.96 bits per heavy atom. The lowest BCUT2D eigenvalue weighted by Crippen LogP contribution is -2.39. The van der Waals surface area contributed by atoms with Gasteiger partial charge >= 0.3 is 5.97 Å². The Labute approximate surface area is 161 Å². The zero-order valence-electron chi connectivity index (χ0n) is 15.8. The highest BCUT2D eigenvalue weighted by molar-refractivity contribution is 5.80. The van der Waals surface area contributed by atoms with Gasteiger partial charge in [-0.2, -0.15) is 0 Å². The van der Waals surface area contributed by atoms with E-state index in [0.717, 1.165) is 43.7 Å². The molecular weight excluding hydrogens is 338 g/mol. The smallest absolute Gasteiger partial charge is 0.307 e. The van der Waals surface area contributed by atoms with Crippen molar-refractivity contribution in [3.63, 3.8) is 0 Å². The van der Waals surface area contributed by atoms with Gasteiger partial charge in [-0.05, 0) is 54.6 Å². The SMILES string of the molecule is COc1cccc(/C(=C\CCN2CCCC(C(=O)O)C2)c2ccccc2)c1. The summed E-state index contributed by atoms with van der Waals surface area (Å²) in [6, 6.07) is 18.5. The second-order valence-corrected chi connectivity index (χ2v) is 6.98. The maximum Gasteiger partial charge on any atom is 0.307 e. The molecule has 4 nitrogen and oxygen atoms in total. The van der Waals surface area contributed by atoms with Gasteiger partial charge in [0.1, 0.15) is 5.75 Å². The van der Waals surface area contributed by atoms with Gasteiger partial charge in [-0.15, -0.1) is 0 Å². The number of likely N-dealkylation sites (tertiary alicyclic amines) is 1. The van der Waals surface area contributed by atoms with E-state index in [9.17, 15) is 9.90 Å². The van der Waals surface area contributed by atoms with Crippen LogP contribution in [0, 0.1) is 5.92 Å².